The predicted octanol–water partition coefficient (Wildman–Crippen LogP) is 3.22. The Balaban J connectivity index is -0.0000000457. The van der Waals surface area contributed by atoms with Gasteiger partial charge in [0, 0.05) is 13.4 Å². The van der Waals surface area contributed by atoms with E-state index < -0.39 is 0 Å². The lowest BCUT2D eigenvalue weighted by molar-refractivity contribution is 1.21. The summed E-state index contributed by atoms with van der Waals surface area (Å²) in [7, 11) is 0. The van der Waals surface area contributed by atoms with E-state index in [4.69, 9.17) is 0 Å². The molecule has 78 valence electrons. The SMILES string of the molecule is C=CNC=C.C=NN=C.CC.CC. The summed E-state index contributed by atoms with van der Waals surface area (Å²) in [5.41, 5.74) is 0. The summed E-state index contributed by atoms with van der Waals surface area (Å²) in [6.07, 6.45) is 3.12. The Hall–Kier alpha value is -1.38. The van der Waals surface area contributed by atoms with Crippen LogP contribution in [-0.2, 0) is 0 Å². The molecule has 0 rings (SSSR count). The van der Waals surface area contributed by atoms with Gasteiger partial charge in [0.1, 0.15) is 0 Å². The molecule has 0 saturated heterocycles. The average molecular weight is 185 g/mol. The van der Waals surface area contributed by atoms with Gasteiger partial charge in [-0.15, -0.1) is 0 Å². The molecule has 0 saturated carbocycles. The highest BCUT2D eigenvalue weighted by Crippen LogP contribution is 1.47. The van der Waals surface area contributed by atoms with E-state index in [2.05, 4.69) is 42.1 Å². The molecule has 0 bridgehead atoms. The molecule has 0 aliphatic rings. The van der Waals surface area contributed by atoms with E-state index in [0.29, 0.717) is 0 Å². The van der Waals surface area contributed by atoms with Crippen molar-refractivity contribution in [3.8, 4) is 0 Å². The molecular formula is C10H23N3. The van der Waals surface area contributed by atoms with Crippen molar-refractivity contribution in [2.45, 2.75) is 27.7 Å². The highest BCUT2D eigenvalue weighted by atomic mass is 15.2. The number of rotatable bonds is 3. The third-order valence-corrected chi connectivity index (χ3v) is 0.336. The second-order valence-electron chi connectivity index (χ2n) is 0.858. The first kappa shape index (κ1) is 22.6. The van der Waals surface area contributed by atoms with Crippen LogP contribution in [0.3, 0.4) is 0 Å². The molecule has 0 aromatic carbocycles. The second kappa shape index (κ2) is 75.0. The van der Waals surface area contributed by atoms with Crippen molar-refractivity contribution in [1.82, 2.24) is 5.32 Å². The van der Waals surface area contributed by atoms with Crippen LogP contribution in [-0.4, -0.2) is 13.4 Å². The molecular weight excluding hydrogens is 162 g/mol. The van der Waals surface area contributed by atoms with Gasteiger partial charge in [0.2, 0.25) is 0 Å². The average Bonchev–Trinajstić information content (AvgIpc) is 2.25. The standard InChI is InChI=1S/C4H7N.C2H4N2.2C2H6/c1-3-5-4-2;1-3-4-2;2*1-2/h3-5H,1-2H2;1-2H2;2*1-2H3. The van der Waals surface area contributed by atoms with Crippen LogP contribution in [0.2, 0.25) is 0 Å². The molecule has 3 heteroatoms. The van der Waals surface area contributed by atoms with Crippen LogP contribution < -0.4 is 5.32 Å². The van der Waals surface area contributed by atoms with Gasteiger partial charge in [-0.1, -0.05) is 40.9 Å². The van der Waals surface area contributed by atoms with Gasteiger partial charge in [0.25, 0.3) is 0 Å². The van der Waals surface area contributed by atoms with Crippen LogP contribution in [0.25, 0.3) is 0 Å². The number of nitrogens with one attached hydrogen (secondary N) is 1. The molecule has 0 spiro atoms. The van der Waals surface area contributed by atoms with Crippen molar-refractivity contribution in [2.75, 3.05) is 0 Å². The molecule has 0 heterocycles. The maximum atomic E-state index is 3.37. The normalized spacial score (nSPS) is 4.62. The van der Waals surface area contributed by atoms with Gasteiger partial charge in [-0.25, -0.2) is 0 Å². The molecule has 1 N–H and O–H groups in total. The Kier molecular flexibility index (Phi) is 130. The Bertz CT molecular complexity index is 86.3. The molecule has 0 aliphatic carbocycles. The lowest BCUT2D eigenvalue weighted by atomic mass is 10.9. The topological polar surface area (TPSA) is 36.8 Å². The van der Waals surface area contributed by atoms with E-state index in [1.165, 1.54) is 0 Å². The zero-order valence-electron chi connectivity index (χ0n) is 9.38. The van der Waals surface area contributed by atoms with Crippen LogP contribution in [0.1, 0.15) is 27.7 Å². The fourth-order valence-corrected chi connectivity index (χ4v) is 0.0833. The van der Waals surface area contributed by atoms with E-state index in [0.717, 1.165) is 0 Å². The van der Waals surface area contributed by atoms with Crippen molar-refractivity contribution in [3.63, 3.8) is 0 Å². The lowest BCUT2D eigenvalue weighted by Gasteiger charge is -1.75. The molecule has 3 nitrogen and oxygen atoms in total. The lowest BCUT2D eigenvalue weighted by Crippen LogP contribution is -1.85. The molecule has 0 radical (unpaired) electrons. The van der Waals surface area contributed by atoms with Gasteiger partial charge < -0.3 is 5.32 Å². The van der Waals surface area contributed by atoms with Gasteiger partial charge >= 0.3 is 0 Å². The van der Waals surface area contributed by atoms with Crippen molar-refractivity contribution < 1.29 is 0 Å². The minimum Gasteiger partial charge on any atom is -0.369 e. The van der Waals surface area contributed by atoms with Gasteiger partial charge in [0.15, 0.2) is 0 Å². The molecule has 0 aromatic rings. The first-order valence-electron chi connectivity index (χ1n) is 4.23. The predicted molar refractivity (Wildman–Crippen MR) is 65.3 cm³/mol. The third-order valence-electron chi connectivity index (χ3n) is 0.336. The zero-order valence-corrected chi connectivity index (χ0v) is 9.38. The van der Waals surface area contributed by atoms with Crippen LogP contribution in [0.5, 0.6) is 0 Å². The smallest absolute Gasteiger partial charge is 0.0132 e. The summed E-state index contributed by atoms with van der Waals surface area (Å²) >= 11 is 0. The summed E-state index contributed by atoms with van der Waals surface area (Å²) in [6.45, 7) is 20.7. The quantitative estimate of drug-likeness (QED) is 0.532. The maximum Gasteiger partial charge on any atom is 0.0132 e. The fourth-order valence-electron chi connectivity index (χ4n) is 0.0833. The molecule has 0 aliphatic heterocycles. The van der Waals surface area contributed by atoms with Gasteiger partial charge in [-0.05, 0) is 12.4 Å². The Morgan fingerprint density at radius 1 is 0.846 bits per heavy atom. The second-order valence-corrected chi connectivity index (χ2v) is 0.858. The largest absolute Gasteiger partial charge is 0.369 e. The highest BCUT2D eigenvalue weighted by Gasteiger charge is 1.43. The first-order chi connectivity index (χ1) is 6.33. The monoisotopic (exact) mass is 185 g/mol. The van der Waals surface area contributed by atoms with Crippen molar-refractivity contribution in [1.29, 1.82) is 0 Å². The molecule has 13 heavy (non-hydrogen) atoms. The number of hydrogen-bond acceptors (Lipinski definition) is 3. The summed E-state index contributed by atoms with van der Waals surface area (Å²) < 4.78 is 0. The zero-order chi connectivity index (χ0) is 11.5. The first-order valence-corrected chi connectivity index (χ1v) is 4.23. The third kappa shape index (κ3) is 301. The van der Waals surface area contributed by atoms with Crippen molar-refractivity contribution >= 4 is 13.4 Å². The van der Waals surface area contributed by atoms with Crippen LogP contribution in [0.15, 0.2) is 35.8 Å². The van der Waals surface area contributed by atoms with Crippen LogP contribution >= 0.6 is 0 Å². The van der Waals surface area contributed by atoms with Crippen molar-refractivity contribution in [3.05, 3.63) is 25.6 Å². The maximum absolute atomic E-state index is 3.37. The minimum absolute atomic E-state index is 1.56. The Morgan fingerprint density at radius 2 is 1.08 bits per heavy atom. The van der Waals surface area contributed by atoms with E-state index in [9.17, 15) is 0 Å². The van der Waals surface area contributed by atoms with E-state index >= 15 is 0 Å². The summed E-state index contributed by atoms with van der Waals surface area (Å²) in [5.74, 6) is 0. The summed E-state index contributed by atoms with van der Waals surface area (Å²) in [4.78, 5) is 0. The Labute approximate surface area is 83.0 Å². The highest BCUT2D eigenvalue weighted by molar-refractivity contribution is 5.28. The molecule has 0 fully saturated rings. The van der Waals surface area contributed by atoms with E-state index in [-0.39, 0.29) is 0 Å². The summed E-state index contributed by atoms with van der Waals surface area (Å²) in [5, 5.41) is 8.64. The number of hydrogen-bond donors (Lipinski definition) is 1. The number of nitrogens with zero attached hydrogens (tertiary/aromatic N) is 2. The molecule has 0 amide bonds. The molecule has 0 unspecified atom stereocenters. The van der Waals surface area contributed by atoms with Crippen LogP contribution in [0, 0.1) is 0 Å². The van der Waals surface area contributed by atoms with E-state index in [1.54, 1.807) is 12.4 Å². The Morgan fingerprint density at radius 3 is 1.08 bits per heavy atom. The fraction of sp³-hybridized carbons (Fsp3) is 0.400. The van der Waals surface area contributed by atoms with Gasteiger partial charge in [0.05, 0.1) is 0 Å². The van der Waals surface area contributed by atoms with Crippen LogP contribution in [0.4, 0.5) is 0 Å². The van der Waals surface area contributed by atoms with Gasteiger partial charge in [-0.3, -0.25) is 0 Å². The van der Waals surface area contributed by atoms with E-state index in [1.807, 2.05) is 27.7 Å². The molecule has 0 aromatic heterocycles. The minimum atomic E-state index is 1.56. The van der Waals surface area contributed by atoms with Crippen molar-refractivity contribution in [2.24, 2.45) is 10.2 Å². The molecule has 0 atom stereocenters. The van der Waals surface area contributed by atoms with Gasteiger partial charge in [-0.2, -0.15) is 10.2 Å². The summed E-state index contributed by atoms with van der Waals surface area (Å²) in [6, 6.07) is 0.